The minimum atomic E-state index is -1.71. The Morgan fingerprint density at radius 2 is 2.07 bits per heavy atom. The SMILES string of the molecule is COc1ccc(C)cc1-c1csc(NC(=O)C2(C)Oc3ccccc3NC2=O)n1. The molecule has 2 N–H and O–H groups in total. The van der Waals surface area contributed by atoms with Crippen LogP contribution in [0.5, 0.6) is 11.5 Å². The van der Waals surface area contributed by atoms with E-state index in [1.165, 1.54) is 18.3 Å². The van der Waals surface area contributed by atoms with Crippen LogP contribution in [0, 0.1) is 6.92 Å². The summed E-state index contributed by atoms with van der Waals surface area (Å²) >= 11 is 1.26. The zero-order valence-corrected chi connectivity index (χ0v) is 16.9. The number of carbonyl (C=O) groups excluding carboxylic acids is 2. The number of fused-ring (bicyclic) bond motifs is 1. The summed E-state index contributed by atoms with van der Waals surface area (Å²) in [5, 5.41) is 7.60. The van der Waals surface area contributed by atoms with Gasteiger partial charge in [0, 0.05) is 10.9 Å². The molecule has 0 saturated carbocycles. The summed E-state index contributed by atoms with van der Waals surface area (Å²) in [5.74, 6) is -0.00106. The first-order valence-corrected chi connectivity index (χ1v) is 9.80. The lowest BCUT2D eigenvalue weighted by Crippen LogP contribution is -2.56. The highest BCUT2D eigenvalue weighted by atomic mass is 32.1. The van der Waals surface area contributed by atoms with E-state index in [-0.39, 0.29) is 0 Å². The maximum atomic E-state index is 12.9. The lowest BCUT2D eigenvalue weighted by Gasteiger charge is -2.32. The van der Waals surface area contributed by atoms with Crippen molar-refractivity contribution in [3.63, 3.8) is 0 Å². The van der Waals surface area contributed by atoms with Crippen molar-refractivity contribution in [3.05, 3.63) is 53.4 Å². The van der Waals surface area contributed by atoms with Crippen molar-refractivity contribution < 1.29 is 19.1 Å². The third kappa shape index (κ3) is 3.42. The molecule has 1 aromatic heterocycles. The Bertz CT molecular complexity index is 1110. The number of hydrogen-bond donors (Lipinski definition) is 2. The summed E-state index contributed by atoms with van der Waals surface area (Å²) < 4.78 is 11.2. The molecule has 148 valence electrons. The minimum Gasteiger partial charge on any atom is -0.496 e. The van der Waals surface area contributed by atoms with Gasteiger partial charge < -0.3 is 14.8 Å². The highest BCUT2D eigenvalue weighted by molar-refractivity contribution is 7.14. The molecule has 2 amide bonds. The van der Waals surface area contributed by atoms with Crippen molar-refractivity contribution in [1.82, 2.24) is 4.98 Å². The van der Waals surface area contributed by atoms with Crippen LogP contribution in [0.25, 0.3) is 11.3 Å². The van der Waals surface area contributed by atoms with Gasteiger partial charge in [-0.3, -0.25) is 14.9 Å². The first-order chi connectivity index (χ1) is 13.9. The summed E-state index contributed by atoms with van der Waals surface area (Å²) in [6, 6.07) is 12.8. The number of amides is 2. The maximum Gasteiger partial charge on any atom is 0.280 e. The van der Waals surface area contributed by atoms with E-state index in [1.54, 1.807) is 31.4 Å². The molecule has 0 fully saturated rings. The van der Waals surface area contributed by atoms with Gasteiger partial charge in [-0.1, -0.05) is 23.8 Å². The van der Waals surface area contributed by atoms with Crippen LogP contribution in [0.4, 0.5) is 10.8 Å². The maximum absolute atomic E-state index is 12.9. The first-order valence-electron chi connectivity index (χ1n) is 8.92. The average molecular weight is 409 g/mol. The Morgan fingerprint density at radius 1 is 1.28 bits per heavy atom. The second kappa shape index (κ2) is 7.21. The number of aromatic nitrogens is 1. The number of ether oxygens (including phenoxy) is 2. The molecular formula is C21H19N3O4S. The number of para-hydroxylation sites is 2. The molecule has 0 aliphatic carbocycles. The van der Waals surface area contributed by atoms with Gasteiger partial charge in [-0.05, 0) is 38.1 Å². The smallest absolute Gasteiger partial charge is 0.280 e. The van der Waals surface area contributed by atoms with E-state index in [1.807, 2.05) is 30.5 Å². The molecule has 4 rings (SSSR count). The van der Waals surface area contributed by atoms with Crippen LogP contribution in [0.3, 0.4) is 0 Å². The zero-order chi connectivity index (χ0) is 20.6. The highest BCUT2D eigenvalue weighted by Gasteiger charge is 2.47. The van der Waals surface area contributed by atoms with Crippen molar-refractivity contribution >= 4 is 34.0 Å². The predicted octanol–water partition coefficient (Wildman–Crippen LogP) is 3.86. The largest absolute Gasteiger partial charge is 0.496 e. The summed E-state index contributed by atoms with van der Waals surface area (Å²) in [5.41, 5.74) is 1.40. The van der Waals surface area contributed by atoms with Gasteiger partial charge >= 0.3 is 0 Å². The monoisotopic (exact) mass is 409 g/mol. The van der Waals surface area contributed by atoms with E-state index in [9.17, 15) is 9.59 Å². The molecule has 2 heterocycles. The summed E-state index contributed by atoms with van der Waals surface area (Å²) in [6.07, 6.45) is 0. The van der Waals surface area contributed by atoms with Crippen LogP contribution in [-0.2, 0) is 9.59 Å². The average Bonchev–Trinajstić information content (AvgIpc) is 3.17. The quantitative estimate of drug-likeness (QED) is 0.639. The molecule has 0 radical (unpaired) electrons. The fourth-order valence-corrected chi connectivity index (χ4v) is 3.72. The Morgan fingerprint density at radius 3 is 2.86 bits per heavy atom. The summed E-state index contributed by atoms with van der Waals surface area (Å²) in [7, 11) is 1.60. The van der Waals surface area contributed by atoms with Crippen molar-refractivity contribution in [2.75, 3.05) is 17.7 Å². The van der Waals surface area contributed by atoms with Crippen LogP contribution in [-0.4, -0.2) is 29.5 Å². The van der Waals surface area contributed by atoms with E-state index in [0.717, 1.165) is 11.1 Å². The topological polar surface area (TPSA) is 89.5 Å². The Hall–Kier alpha value is -3.39. The Kier molecular flexibility index (Phi) is 4.71. The number of carbonyl (C=O) groups is 2. The molecule has 7 nitrogen and oxygen atoms in total. The first kappa shape index (κ1) is 18.9. The second-order valence-electron chi connectivity index (χ2n) is 6.78. The summed E-state index contributed by atoms with van der Waals surface area (Å²) in [4.78, 5) is 29.9. The van der Waals surface area contributed by atoms with Crippen molar-refractivity contribution in [2.45, 2.75) is 19.4 Å². The zero-order valence-electron chi connectivity index (χ0n) is 16.1. The van der Waals surface area contributed by atoms with Gasteiger partial charge in [-0.25, -0.2) is 4.98 Å². The van der Waals surface area contributed by atoms with Gasteiger partial charge in [0.1, 0.15) is 11.5 Å². The number of nitrogens with one attached hydrogen (secondary N) is 2. The second-order valence-corrected chi connectivity index (χ2v) is 7.64. The van der Waals surface area contributed by atoms with E-state index in [2.05, 4.69) is 15.6 Å². The molecule has 0 spiro atoms. The van der Waals surface area contributed by atoms with Gasteiger partial charge in [0.15, 0.2) is 5.13 Å². The lowest BCUT2D eigenvalue weighted by molar-refractivity contribution is -0.143. The fourth-order valence-electron chi connectivity index (χ4n) is 3.01. The van der Waals surface area contributed by atoms with E-state index in [0.29, 0.717) is 28.0 Å². The number of anilines is 2. The van der Waals surface area contributed by atoms with Crippen LogP contribution in [0.2, 0.25) is 0 Å². The summed E-state index contributed by atoms with van der Waals surface area (Å²) in [6.45, 7) is 3.42. The number of benzene rings is 2. The number of rotatable bonds is 4. The van der Waals surface area contributed by atoms with Crippen LogP contribution in [0.15, 0.2) is 47.8 Å². The molecule has 1 unspecified atom stereocenters. The van der Waals surface area contributed by atoms with Crippen LogP contribution >= 0.6 is 11.3 Å². The molecule has 0 saturated heterocycles. The van der Waals surface area contributed by atoms with E-state index in [4.69, 9.17) is 9.47 Å². The van der Waals surface area contributed by atoms with Gasteiger partial charge in [-0.15, -0.1) is 11.3 Å². The van der Waals surface area contributed by atoms with Gasteiger partial charge in [-0.2, -0.15) is 0 Å². The van der Waals surface area contributed by atoms with E-state index >= 15 is 0 Å². The van der Waals surface area contributed by atoms with Gasteiger partial charge in [0.2, 0.25) is 0 Å². The van der Waals surface area contributed by atoms with E-state index < -0.39 is 17.4 Å². The normalized spacial score (nSPS) is 17.7. The highest BCUT2D eigenvalue weighted by Crippen LogP contribution is 2.35. The molecule has 8 heteroatoms. The molecule has 1 aliphatic rings. The molecule has 1 atom stereocenters. The molecular weight excluding hydrogens is 390 g/mol. The fraction of sp³-hybridized carbons (Fsp3) is 0.190. The Balaban J connectivity index is 1.57. The molecule has 3 aromatic rings. The molecule has 1 aliphatic heterocycles. The minimum absolute atomic E-state index is 0.366. The van der Waals surface area contributed by atoms with Crippen LogP contribution in [0.1, 0.15) is 12.5 Å². The third-order valence-corrected chi connectivity index (χ3v) is 5.43. The predicted molar refractivity (Wildman–Crippen MR) is 112 cm³/mol. The lowest BCUT2D eigenvalue weighted by atomic mass is 10.0. The number of methoxy groups -OCH3 is 1. The standard InChI is InChI=1S/C21H19N3O4S/c1-12-8-9-16(27-3)13(10-12)15-11-29-20(23-15)24-19(26)21(2)18(25)22-14-6-4-5-7-17(14)28-21/h4-11H,1-3H3,(H,22,25)(H,23,24,26). The van der Waals surface area contributed by atoms with Crippen molar-refractivity contribution in [2.24, 2.45) is 0 Å². The molecule has 2 aromatic carbocycles. The number of thiazole rings is 1. The molecule has 29 heavy (non-hydrogen) atoms. The van der Waals surface area contributed by atoms with Gasteiger partial charge in [0.25, 0.3) is 17.4 Å². The van der Waals surface area contributed by atoms with Crippen LogP contribution < -0.4 is 20.1 Å². The van der Waals surface area contributed by atoms with Crippen molar-refractivity contribution in [1.29, 1.82) is 0 Å². The third-order valence-electron chi connectivity index (χ3n) is 4.67. The number of aryl methyl sites for hydroxylation is 1. The van der Waals surface area contributed by atoms with Gasteiger partial charge in [0.05, 0.1) is 18.5 Å². The van der Waals surface area contributed by atoms with Crippen molar-refractivity contribution in [3.8, 4) is 22.8 Å². The number of nitrogens with zero attached hydrogens (tertiary/aromatic N) is 1. The molecule has 0 bridgehead atoms. The Labute approximate surface area is 171 Å². The number of hydrogen-bond acceptors (Lipinski definition) is 6.